The van der Waals surface area contributed by atoms with E-state index < -0.39 is 17.2 Å². The third-order valence-electron chi connectivity index (χ3n) is 6.98. The first kappa shape index (κ1) is 25.7. The standard InChI is InChI=1S/C30H28F2N4O2S/c1-16(2)21-6-8-24(36-28(21)17-3-4-17)23-7-5-18-14-33-20(13-25(18)35-23)15-34-30(37)19-11-22(31)29-26(12-19)39-27(32)9-10-38-29/h5-8,11-14,16-17,27H,3-4,9-10,15H2,1-2H3,(H,34,37). The van der Waals surface area contributed by atoms with Crippen LogP contribution in [0.3, 0.4) is 0 Å². The minimum atomic E-state index is -1.22. The number of carbonyl (C=O) groups is 1. The highest BCUT2D eigenvalue weighted by Crippen LogP contribution is 2.43. The molecule has 1 aliphatic heterocycles. The summed E-state index contributed by atoms with van der Waals surface area (Å²) in [6.07, 6.45) is 4.24. The van der Waals surface area contributed by atoms with Crippen molar-refractivity contribution in [1.29, 1.82) is 0 Å². The molecule has 0 saturated heterocycles. The van der Waals surface area contributed by atoms with Crippen molar-refractivity contribution in [2.24, 2.45) is 0 Å². The van der Waals surface area contributed by atoms with Crippen LogP contribution in [0.5, 0.6) is 5.75 Å². The highest BCUT2D eigenvalue weighted by atomic mass is 32.2. The van der Waals surface area contributed by atoms with Crippen molar-refractivity contribution < 1.29 is 18.3 Å². The lowest BCUT2D eigenvalue weighted by molar-refractivity contribution is 0.0949. The molecule has 1 amide bonds. The van der Waals surface area contributed by atoms with Gasteiger partial charge in [-0.25, -0.2) is 13.8 Å². The van der Waals surface area contributed by atoms with Crippen molar-refractivity contribution in [2.45, 2.75) is 61.9 Å². The van der Waals surface area contributed by atoms with E-state index >= 15 is 0 Å². The molecule has 1 fully saturated rings. The fourth-order valence-electron chi connectivity index (χ4n) is 4.75. The molecule has 200 valence electrons. The van der Waals surface area contributed by atoms with Gasteiger partial charge in [0.15, 0.2) is 17.1 Å². The van der Waals surface area contributed by atoms with Crippen molar-refractivity contribution >= 4 is 28.6 Å². The zero-order valence-corrected chi connectivity index (χ0v) is 22.5. The van der Waals surface area contributed by atoms with Gasteiger partial charge < -0.3 is 10.1 Å². The number of carbonyl (C=O) groups excluding carboxylic acids is 1. The molecule has 0 bridgehead atoms. The Hall–Kier alpha value is -3.59. The van der Waals surface area contributed by atoms with Crippen molar-refractivity contribution in [3.05, 3.63) is 77.0 Å². The lowest BCUT2D eigenvalue weighted by Crippen LogP contribution is -2.23. The smallest absolute Gasteiger partial charge is 0.251 e. The van der Waals surface area contributed by atoms with Crippen LogP contribution in [0.15, 0.2) is 53.6 Å². The molecule has 0 spiro atoms. The number of rotatable bonds is 6. The van der Waals surface area contributed by atoms with Gasteiger partial charge in [0.05, 0.1) is 40.6 Å². The summed E-state index contributed by atoms with van der Waals surface area (Å²) in [5.41, 5.74) is 4.35. The number of nitrogens with zero attached hydrogens (tertiary/aromatic N) is 3. The van der Waals surface area contributed by atoms with E-state index in [2.05, 4.69) is 30.2 Å². The summed E-state index contributed by atoms with van der Waals surface area (Å²) in [6, 6.07) is 12.5. The number of benzene rings is 1. The zero-order chi connectivity index (χ0) is 27.1. The molecule has 1 N–H and O–H groups in total. The predicted molar refractivity (Wildman–Crippen MR) is 147 cm³/mol. The predicted octanol–water partition coefficient (Wildman–Crippen LogP) is 6.93. The number of thioether (sulfide) groups is 1. The van der Waals surface area contributed by atoms with E-state index in [9.17, 15) is 13.6 Å². The maximum Gasteiger partial charge on any atom is 0.251 e. The molecule has 39 heavy (non-hydrogen) atoms. The third kappa shape index (κ3) is 5.45. The first-order chi connectivity index (χ1) is 18.9. The number of aromatic nitrogens is 3. The summed E-state index contributed by atoms with van der Waals surface area (Å²) >= 11 is 0.864. The van der Waals surface area contributed by atoms with Crippen LogP contribution in [0.25, 0.3) is 22.3 Å². The van der Waals surface area contributed by atoms with Gasteiger partial charge >= 0.3 is 0 Å². The highest BCUT2D eigenvalue weighted by molar-refractivity contribution is 7.99. The Morgan fingerprint density at radius 3 is 2.69 bits per heavy atom. The SMILES string of the molecule is CC(C)c1ccc(-c2ccc3cnc(CNC(=O)c4cc(F)c5c(c4)SC(F)CCO5)cc3n2)nc1C1CC1. The van der Waals surface area contributed by atoms with Gasteiger partial charge in [-0.3, -0.25) is 14.8 Å². The molecule has 0 radical (unpaired) electrons. The van der Waals surface area contributed by atoms with Crippen LogP contribution >= 0.6 is 11.8 Å². The Balaban J connectivity index is 1.21. The van der Waals surface area contributed by atoms with Gasteiger partial charge in [0.1, 0.15) is 0 Å². The zero-order valence-electron chi connectivity index (χ0n) is 21.7. The van der Waals surface area contributed by atoms with E-state index in [1.165, 1.54) is 30.2 Å². The Labute approximate surface area is 229 Å². The molecule has 9 heteroatoms. The summed E-state index contributed by atoms with van der Waals surface area (Å²) in [5.74, 6) is -0.208. The third-order valence-corrected chi connectivity index (χ3v) is 8.03. The second-order valence-electron chi connectivity index (χ2n) is 10.3. The van der Waals surface area contributed by atoms with E-state index in [4.69, 9.17) is 14.7 Å². The number of amides is 1. The number of pyridine rings is 3. The maximum atomic E-state index is 14.6. The van der Waals surface area contributed by atoms with Gasteiger partial charge in [0, 0.05) is 35.2 Å². The Morgan fingerprint density at radius 1 is 1.10 bits per heavy atom. The highest BCUT2D eigenvalue weighted by Gasteiger charge is 2.29. The van der Waals surface area contributed by atoms with Crippen LogP contribution in [0.2, 0.25) is 0 Å². The number of hydrogen-bond donors (Lipinski definition) is 1. The molecule has 1 saturated carbocycles. The summed E-state index contributed by atoms with van der Waals surface area (Å²) in [4.78, 5) is 27.4. The Morgan fingerprint density at radius 2 is 1.90 bits per heavy atom. The lowest BCUT2D eigenvalue weighted by Gasteiger charge is -2.13. The average molecular weight is 547 g/mol. The lowest BCUT2D eigenvalue weighted by atomic mass is 9.98. The van der Waals surface area contributed by atoms with Gasteiger partial charge in [0.2, 0.25) is 0 Å². The number of hydrogen-bond acceptors (Lipinski definition) is 6. The van der Waals surface area contributed by atoms with Crippen LogP contribution in [-0.2, 0) is 6.54 Å². The van der Waals surface area contributed by atoms with Gasteiger partial charge in [-0.1, -0.05) is 31.7 Å². The van der Waals surface area contributed by atoms with Gasteiger partial charge in [-0.2, -0.15) is 0 Å². The average Bonchev–Trinajstić information content (AvgIpc) is 3.78. The number of alkyl halides is 1. The van der Waals surface area contributed by atoms with Crippen molar-refractivity contribution in [3.8, 4) is 17.1 Å². The molecule has 1 unspecified atom stereocenters. The molecule has 4 heterocycles. The molecule has 4 aromatic rings. The molecule has 1 aliphatic carbocycles. The fraction of sp³-hybridized carbons (Fsp3) is 0.333. The van der Waals surface area contributed by atoms with Gasteiger partial charge in [0.25, 0.3) is 5.91 Å². The molecule has 3 aromatic heterocycles. The number of nitrogens with one attached hydrogen (secondary N) is 1. The van der Waals surface area contributed by atoms with Crippen LogP contribution in [0.1, 0.15) is 72.3 Å². The number of ether oxygens (including phenoxy) is 1. The Bertz CT molecular complexity index is 1570. The molecular formula is C30H28F2N4O2S. The molecule has 1 aromatic carbocycles. The molecular weight excluding hydrogens is 518 g/mol. The minimum absolute atomic E-state index is 0.00707. The van der Waals surface area contributed by atoms with E-state index in [0.29, 0.717) is 17.5 Å². The van der Waals surface area contributed by atoms with Crippen molar-refractivity contribution in [1.82, 2.24) is 20.3 Å². The molecule has 2 aliphatic rings. The fourth-order valence-corrected chi connectivity index (χ4v) is 5.70. The first-order valence-electron chi connectivity index (χ1n) is 13.2. The van der Waals surface area contributed by atoms with Crippen molar-refractivity contribution in [2.75, 3.05) is 6.61 Å². The summed E-state index contributed by atoms with van der Waals surface area (Å²) in [5, 5.41) is 3.65. The summed E-state index contributed by atoms with van der Waals surface area (Å²) < 4.78 is 33.9. The minimum Gasteiger partial charge on any atom is -0.489 e. The number of fused-ring (bicyclic) bond motifs is 2. The topological polar surface area (TPSA) is 77.0 Å². The molecule has 6 nitrogen and oxygen atoms in total. The van der Waals surface area contributed by atoms with Crippen LogP contribution < -0.4 is 10.1 Å². The van der Waals surface area contributed by atoms with Crippen molar-refractivity contribution in [3.63, 3.8) is 0 Å². The quantitative estimate of drug-likeness (QED) is 0.283. The molecule has 6 rings (SSSR count). The van der Waals surface area contributed by atoms with E-state index in [1.807, 2.05) is 24.3 Å². The van der Waals surface area contributed by atoms with Crippen LogP contribution in [0.4, 0.5) is 8.78 Å². The van der Waals surface area contributed by atoms with E-state index in [1.54, 1.807) is 6.20 Å². The monoisotopic (exact) mass is 546 g/mol. The molecule has 1 atom stereocenters. The second kappa shape index (κ2) is 10.5. The van der Waals surface area contributed by atoms with Crippen LogP contribution in [-0.4, -0.2) is 33.0 Å². The summed E-state index contributed by atoms with van der Waals surface area (Å²) in [7, 11) is 0. The van der Waals surface area contributed by atoms with Gasteiger partial charge in [-0.05, 0) is 60.7 Å². The van der Waals surface area contributed by atoms with E-state index in [-0.39, 0.29) is 35.8 Å². The Kier molecular flexibility index (Phi) is 6.93. The van der Waals surface area contributed by atoms with Crippen LogP contribution in [0, 0.1) is 5.82 Å². The maximum absolute atomic E-state index is 14.6. The normalized spacial score (nSPS) is 17.0. The summed E-state index contributed by atoms with van der Waals surface area (Å²) in [6.45, 7) is 4.61. The van der Waals surface area contributed by atoms with Gasteiger partial charge in [-0.15, -0.1) is 0 Å². The number of halogens is 2. The largest absolute Gasteiger partial charge is 0.489 e. The first-order valence-corrected chi connectivity index (χ1v) is 14.1. The second-order valence-corrected chi connectivity index (χ2v) is 11.5. The van der Waals surface area contributed by atoms with E-state index in [0.717, 1.165) is 40.1 Å².